The fourth-order valence-electron chi connectivity index (χ4n) is 1.19. The Hall–Kier alpha value is -0.320. The van der Waals surface area contributed by atoms with Crippen LogP contribution in [0.1, 0.15) is 5.56 Å². The zero-order chi connectivity index (χ0) is 9.97. The zero-order valence-electron chi connectivity index (χ0n) is 7.66. The number of thioether (sulfide) groups is 1. The van der Waals surface area contributed by atoms with Crippen molar-refractivity contribution in [1.82, 2.24) is 9.97 Å². The Labute approximate surface area is 95.7 Å². The van der Waals surface area contributed by atoms with Crippen molar-refractivity contribution in [2.75, 3.05) is 11.6 Å². The van der Waals surface area contributed by atoms with E-state index in [1.54, 1.807) is 29.4 Å². The van der Waals surface area contributed by atoms with E-state index in [0.29, 0.717) is 5.88 Å². The van der Waals surface area contributed by atoms with Gasteiger partial charge in [0.25, 0.3) is 0 Å². The van der Waals surface area contributed by atoms with E-state index in [4.69, 9.17) is 11.6 Å². The monoisotopic (exact) mass is 244 g/mol. The molecular weight excluding hydrogens is 236 g/mol. The number of nitrogens with zero attached hydrogens (tertiary/aromatic N) is 2. The molecule has 2 heterocycles. The Morgan fingerprint density at radius 3 is 3.14 bits per heavy atom. The van der Waals surface area contributed by atoms with Gasteiger partial charge in [-0.3, -0.25) is 0 Å². The van der Waals surface area contributed by atoms with Crippen molar-refractivity contribution in [3.8, 4) is 0 Å². The van der Waals surface area contributed by atoms with Crippen LogP contribution in [0.5, 0.6) is 0 Å². The maximum absolute atomic E-state index is 5.65. The van der Waals surface area contributed by atoms with Gasteiger partial charge in [-0.1, -0.05) is 0 Å². The number of hydrogen-bond acceptors (Lipinski definition) is 4. The minimum absolute atomic E-state index is 0.653. The zero-order valence-corrected chi connectivity index (χ0v) is 10.0. The molecule has 14 heavy (non-hydrogen) atoms. The summed E-state index contributed by atoms with van der Waals surface area (Å²) in [5.41, 5.74) is 2.29. The van der Waals surface area contributed by atoms with Crippen LogP contribution in [0.4, 0.5) is 0 Å². The molecule has 0 spiro atoms. The maximum Gasteiger partial charge on any atom is 0.117 e. The quantitative estimate of drug-likeness (QED) is 0.471. The highest BCUT2D eigenvalue weighted by atomic mass is 35.5. The topological polar surface area (TPSA) is 25.8 Å². The molecule has 2 aromatic rings. The Balaban J connectivity index is 2.44. The minimum atomic E-state index is 0.653. The third kappa shape index (κ3) is 1.87. The standard InChI is InChI=1S/C9H9ClN2S2/c1-6-4-14-8-7(6)11-5-12-9(8)13-3-2-10/h4-5H,2-3H2,1H3. The summed E-state index contributed by atoms with van der Waals surface area (Å²) in [6.45, 7) is 2.07. The molecule has 0 radical (unpaired) electrons. The number of rotatable bonds is 3. The summed E-state index contributed by atoms with van der Waals surface area (Å²) in [6, 6.07) is 0. The summed E-state index contributed by atoms with van der Waals surface area (Å²) in [6.07, 6.45) is 1.62. The highest BCUT2D eigenvalue weighted by molar-refractivity contribution is 7.99. The van der Waals surface area contributed by atoms with Crippen LogP contribution < -0.4 is 0 Å². The average molecular weight is 245 g/mol. The van der Waals surface area contributed by atoms with Gasteiger partial charge in [0, 0.05) is 11.6 Å². The number of fused-ring (bicyclic) bond motifs is 1. The first-order chi connectivity index (χ1) is 6.83. The molecule has 0 N–H and O–H groups in total. The van der Waals surface area contributed by atoms with Gasteiger partial charge < -0.3 is 0 Å². The van der Waals surface area contributed by atoms with Crippen molar-refractivity contribution in [3.05, 3.63) is 17.3 Å². The van der Waals surface area contributed by atoms with Crippen LogP contribution in [0.15, 0.2) is 16.7 Å². The molecule has 2 aromatic heterocycles. The van der Waals surface area contributed by atoms with Crippen molar-refractivity contribution >= 4 is 44.9 Å². The Morgan fingerprint density at radius 2 is 2.36 bits per heavy atom. The van der Waals surface area contributed by atoms with Crippen LogP contribution in [0, 0.1) is 6.92 Å². The van der Waals surface area contributed by atoms with Gasteiger partial charge in [0.1, 0.15) is 11.4 Å². The Bertz CT molecular complexity index is 441. The van der Waals surface area contributed by atoms with Gasteiger partial charge in [0.2, 0.25) is 0 Å². The van der Waals surface area contributed by atoms with E-state index in [1.165, 1.54) is 10.3 Å². The van der Waals surface area contributed by atoms with Gasteiger partial charge in [-0.05, 0) is 17.9 Å². The molecule has 74 valence electrons. The molecular formula is C9H9ClN2S2. The van der Waals surface area contributed by atoms with Crippen LogP contribution >= 0.6 is 34.7 Å². The Kier molecular flexibility index (Phi) is 3.26. The van der Waals surface area contributed by atoms with Gasteiger partial charge in [-0.25, -0.2) is 9.97 Å². The molecule has 2 nitrogen and oxygen atoms in total. The molecule has 0 aliphatic heterocycles. The summed E-state index contributed by atoms with van der Waals surface area (Å²) >= 11 is 9.04. The minimum Gasteiger partial charge on any atom is -0.235 e. The van der Waals surface area contributed by atoms with E-state index in [0.717, 1.165) is 16.3 Å². The van der Waals surface area contributed by atoms with Crippen LogP contribution in [0.2, 0.25) is 0 Å². The highest BCUT2D eigenvalue weighted by Gasteiger charge is 2.07. The predicted octanol–water partition coefficient (Wildman–Crippen LogP) is 3.33. The van der Waals surface area contributed by atoms with Crippen molar-refractivity contribution in [2.24, 2.45) is 0 Å². The van der Waals surface area contributed by atoms with E-state index < -0.39 is 0 Å². The van der Waals surface area contributed by atoms with E-state index in [1.807, 2.05) is 0 Å². The summed E-state index contributed by atoms with van der Waals surface area (Å²) in [4.78, 5) is 8.52. The summed E-state index contributed by atoms with van der Waals surface area (Å²) < 4.78 is 1.18. The lowest BCUT2D eigenvalue weighted by atomic mass is 10.3. The van der Waals surface area contributed by atoms with Crippen molar-refractivity contribution in [2.45, 2.75) is 11.9 Å². The van der Waals surface area contributed by atoms with Gasteiger partial charge in [-0.15, -0.1) is 34.7 Å². The molecule has 2 rings (SSSR count). The molecule has 0 aliphatic rings. The smallest absolute Gasteiger partial charge is 0.117 e. The van der Waals surface area contributed by atoms with Crippen molar-refractivity contribution in [3.63, 3.8) is 0 Å². The normalized spacial score (nSPS) is 11.0. The van der Waals surface area contributed by atoms with Crippen LogP contribution in [0.3, 0.4) is 0 Å². The van der Waals surface area contributed by atoms with Gasteiger partial charge >= 0.3 is 0 Å². The second-order valence-electron chi connectivity index (χ2n) is 2.81. The molecule has 0 bridgehead atoms. The third-order valence-electron chi connectivity index (χ3n) is 1.81. The van der Waals surface area contributed by atoms with Gasteiger partial charge in [0.15, 0.2) is 0 Å². The summed E-state index contributed by atoms with van der Waals surface area (Å²) in [7, 11) is 0. The lowest BCUT2D eigenvalue weighted by Gasteiger charge is -1.98. The number of hydrogen-bond donors (Lipinski definition) is 0. The lowest BCUT2D eigenvalue weighted by Crippen LogP contribution is -1.86. The van der Waals surface area contributed by atoms with Crippen molar-refractivity contribution < 1.29 is 0 Å². The number of aromatic nitrogens is 2. The van der Waals surface area contributed by atoms with Crippen molar-refractivity contribution in [1.29, 1.82) is 0 Å². The summed E-state index contributed by atoms with van der Waals surface area (Å²) in [5, 5.41) is 3.16. The first kappa shape index (κ1) is 10.2. The molecule has 0 fully saturated rings. The third-order valence-corrected chi connectivity index (χ3v) is 4.44. The van der Waals surface area contributed by atoms with Gasteiger partial charge in [-0.2, -0.15) is 0 Å². The fraction of sp³-hybridized carbons (Fsp3) is 0.333. The number of thiophene rings is 1. The van der Waals surface area contributed by atoms with E-state index in [9.17, 15) is 0 Å². The van der Waals surface area contributed by atoms with Crippen LogP contribution in [-0.4, -0.2) is 21.6 Å². The fourth-order valence-corrected chi connectivity index (χ4v) is 3.24. The second-order valence-corrected chi connectivity index (χ2v) is 5.15. The molecule has 0 saturated heterocycles. The van der Waals surface area contributed by atoms with Crippen LogP contribution in [-0.2, 0) is 0 Å². The SMILES string of the molecule is Cc1csc2c(SCCCl)ncnc12. The average Bonchev–Trinajstić information content (AvgIpc) is 2.58. The van der Waals surface area contributed by atoms with E-state index in [-0.39, 0.29) is 0 Å². The number of alkyl halides is 1. The number of halogens is 1. The molecule has 0 saturated carbocycles. The van der Waals surface area contributed by atoms with E-state index >= 15 is 0 Å². The number of aryl methyl sites for hydroxylation is 1. The molecule has 0 aromatic carbocycles. The highest BCUT2D eigenvalue weighted by Crippen LogP contribution is 2.31. The maximum atomic E-state index is 5.65. The van der Waals surface area contributed by atoms with Gasteiger partial charge in [0.05, 0.1) is 10.2 Å². The van der Waals surface area contributed by atoms with E-state index in [2.05, 4.69) is 22.3 Å². The first-order valence-electron chi connectivity index (χ1n) is 4.20. The predicted molar refractivity (Wildman–Crippen MR) is 63.6 cm³/mol. The van der Waals surface area contributed by atoms with Crippen LogP contribution in [0.25, 0.3) is 10.2 Å². The first-order valence-corrected chi connectivity index (χ1v) is 6.60. The largest absolute Gasteiger partial charge is 0.235 e. The lowest BCUT2D eigenvalue weighted by molar-refractivity contribution is 1.11. The molecule has 0 amide bonds. The Morgan fingerprint density at radius 1 is 1.50 bits per heavy atom. The summed E-state index contributed by atoms with van der Waals surface area (Å²) in [5.74, 6) is 1.55. The molecule has 5 heteroatoms. The second kappa shape index (κ2) is 4.47. The molecule has 0 unspecified atom stereocenters. The molecule has 0 aliphatic carbocycles. The molecule has 0 atom stereocenters.